The first-order valence-electron chi connectivity index (χ1n) is 6.76. The quantitative estimate of drug-likeness (QED) is 0.829. The number of nitrogens with two attached hydrogens (primary N) is 1. The Morgan fingerprint density at radius 1 is 1.45 bits per heavy atom. The zero-order valence-electron chi connectivity index (χ0n) is 12.0. The normalized spacial score (nSPS) is 17.7. The van der Waals surface area contributed by atoms with E-state index in [-0.39, 0.29) is 6.54 Å². The van der Waals surface area contributed by atoms with Crippen molar-refractivity contribution < 1.29 is 23.1 Å². The Morgan fingerprint density at radius 3 is 2.82 bits per heavy atom. The minimum absolute atomic E-state index is 0.357. The standard InChI is InChI=1S/C14H17F2N3O3/c1-9-13(21)19(10-4-2-3-5-11(10)22-9)6-12(20)18-8-14(15,16)7-17/h2-5,9H,6-8,17H2,1H3,(H,18,20). The van der Waals surface area contributed by atoms with Crippen LogP contribution >= 0.6 is 0 Å². The first-order chi connectivity index (χ1) is 10.3. The zero-order chi connectivity index (χ0) is 16.3. The molecule has 1 aliphatic rings. The van der Waals surface area contributed by atoms with E-state index in [1.165, 1.54) is 4.90 Å². The topological polar surface area (TPSA) is 84.7 Å². The van der Waals surface area contributed by atoms with Crippen LogP contribution in [0.3, 0.4) is 0 Å². The summed E-state index contributed by atoms with van der Waals surface area (Å²) in [5.74, 6) is -3.80. The Hall–Kier alpha value is -2.22. The van der Waals surface area contributed by atoms with Crippen LogP contribution in [0.25, 0.3) is 0 Å². The molecule has 3 N–H and O–H groups in total. The third kappa shape index (κ3) is 3.51. The minimum Gasteiger partial charge on any atom is -0.479 e. The molecule has 0 spiro atoms. The van der Waals surface area contributed by atoms with Gasteiger partial charge in [0.05, 0.1) is 18.8 Å². The van der Waals surface area contributed by atoms with Crippen molar-refractivity contribution in [1.82, 2.24) is 5.32 Å². The highest BCUT2D eigenvalue weighted by molar-refractivity contribution is 6.03. The van der Waals surface area contributed by atoms with E-state index in [1.54, 1.807) is 31.2 Å². The predicted molar refractivity (Wildman–Crippen MR) is 75.9 cm³/mol. The molecule has 8 heteroatoms. The van der Waals surface area contributed by atoms with Crippen molar-refractivity contribution >= 4 is 17.5 Å². The number of rotatable bonds is 5. The molecule has 0 aromatic heterocycles. The van der Waals surface area contributed by atoms with Gasteiger partial charge in [0.1, 0.15) is 12.3 Å². The van der Waals surface area contributed by atoms with Crippen LogP contribution in [0.4, 0.5) is 14.5 Å². The van der Waals surface area contributed by atoms with Gasteiger partial charge in [0, 0.05) is 0 Å². The number of nitrogens with one attached hydrogen (secondary N) is 1. The molecule has 6 nitrogen and oxygen atoms in total. The van der Waals surface area contributed by atoms with Gasteiger partial charge in [-0.2, -0.15) is 0 Å². The van der Waals surface area contributed by atoms with E-state index >= 15 is 0 Å². The molecular weight excluding hydrogens is 296 g/mol. The van der Waals surface area contributed by atoms with Crippen molar-refractivity contribution in [2.45, 2.75) is 19.0 Å². The first-order valence-corrected chi connectivity index (χ1v) is 6.76. The van der Waals surface area contributed by atoms with Crippen LogP contribution in [0.1, 0.15) is 6.92 Å². The van der Waals surface area contributed by atoms with Crippen LogP contribution < -0.4 is 20.7 Å². The number of halogens is 2. The molecule has 0 saturated heterocycles. The van der Waals surface area contributed by atoms with Crippen molar-refractivity contribution in [3.8, 4) is 5.75 Å². The van der Waals surface area contributed by atoms with E-state index < -0.39 is 36.9 Å². The maximum Gasteiger partial charge on any atom is 0.277 e. The zero-order valence-corrected chi connectivity index (χ0v) is 12.0. The maximum atomic E-state index is 13.0. The minimum atomic E-state index is -3.17. The van der Waals surface area contributed by atoms with Crippen LogP contribution in [-0.4, -0.2) is 43.5 Å². The summed E-state index contributed by atoms with van der Waals surface area (Å²) >= 11 is 0. The van der Waals surface area contributed by atoms with Crippen LogP contribution in [0.5, 0.6) is 5.75 Å². The summed E-state index contributed by atoms with van der Waals surface area (Å²) in [6.07, 6.45) is -0.742. The Balaban J connectivity index is 2.08. The molecule has 1 atom stereocenters. The van der Waals surface area contributed by atoms with E-state index in [9.17, 15) is 18.4 Å². The van der Waals surface area contributed by atoms with Gasteiger partial charge < -0.3 is 15.8 Å². The van der Waals surface area contributed by atoms with Gasteiger partial charge in [-0.3, -0.25) is 14.5 Å². The molecule has 1 heterocycles. The Kier molecular flexibility index (Phi) is 4.60. The highest BCUT2D eigenvalue weighted by Crippen LogP contribution is 2.33. The van der Waals surface area contributed by atoms with Gasteiger partial charge in [0.2, 0.25) is 5.91 Å². The number of fused-ring (bicyclic) bond motifs is 1. The lowest BCUT2D eigenvalue weighted by Gasteiger charge is -2.32. The van der Waals surface area contributed by atoms with E-state index in [2.05, 4.69) is 5.32 Å². The molecule has 1 unspecified atom stereocenters. The van der Waals surface area contributed by atoms with E-state index in [0.29, 0.717) is 11.4 Å². The number of benzene rings is 1. The average Bonchev–Trinajstić information content (AvgIpc) is 2.50. The van der Waals surface area contributed by atoms with Crippen molar-refractivity contribution in [3.05, 3.63) is 24.3 Å². The molecule has 0 saturated carbocycles. The second kappa shape index (κ2) is 6.27. The highest BCUT2D eigenvalue weighted by atomic mass is 19.3. The lowest BCUT2D eigenvalue weighted by molar-refractivity contribution is -0.128. The Bertz CT molecular complexity index is 580. The van der Waals surface area contributed by atoms with Gasteiger partial charge in [-0.25, -0.2) is 8.78 Å². The van der Waals surface area contributed by atoms with Gasteiger partial charge in [-0.15, -0.1) is 0 Å². The van der Waals surface area contributed by atoms with Crippen molar-refractivity contribution in [3.63, 3.8) is 0 Å². The molecule has 1 aliphatic heterocycles. The SMILES string of the molecule is CC1Oc2ccccc2N(CC(=O)NCC(F)(F)CN)C1=O. The van der Waals surface area contributed by atoms with Crippen LogP contribution in [-0.2, 0) is 9.59 Å². The predicted octanol–water partition coefficient (Wildman–Crippen LogP) is 0.511. The molecule has 2 rings (SSSR count). The number of nitrogens with zero attached hydrogens (tertiary/aromatic N) is 1. The number of para-hydroxylation sites is 2. The van der Waals surface area contributed by atoms with Crippen LogP contribution in [0, 0.1) is 0 Å². The third-order valence-electron chi connectivity index (χ3n) is 3.22. The first kappa shape index (κ1) is 16.2. The van der Waals surface area contributed by atoms with Gasteiger partial charge in [0.15, 0.2) is 6.10 Å². The molecule has 1 aromatic rings. The summed E-state index contributed by atoms with van der Waals surface area (Å²) in [7, 11) is 0. The van der Waals surface area contributed by atoms with Gasteiger partial charge in [-0.05, 0) is 19.1 Å². The average molecular weight is 313 g/mol. The largest absolute Gasteiger partial charge is 0.479 e. The number of carbonyl (C=O) groups excluding carboxylic acids is 2. The molecule has 0 bridgehead atoms. The molecule has 2 amide bonds. The third-order valence-corrected chi connectivity index (χ3v) is 3.22. The number of amides is 2. The van der Waals surface area contributed by atoms with Crippen LogP contribution in [0.2, 0.25) is 0 Å². The smallest absolute Gasteiger partial charge is 0.277 e. The molecule has 0 radical (unpaired) electrons. The lowest BCUT2D eigenvalue weighted by atomic mass is 10.2. The summed E-state index contributed by atoms with van der Waals surface area (Å²) in [5, 5.41) is 2.08. The summed E-state index contributed by atoms with van der Waals surface area (Å²) < 4.78 is 31.5. The molecule has 1 aromatic carbocycles. The fourth-order valence-corrected chi connectivity index (χ4v) is 2.02. The van der Waals surface area contributed by atoms with Gasteiger partial charge >= 0.3 is 0 Å². The van der Waals surface area contributed by atoms with E-state index in [1.807, 2.05) is 0 Å². The number of ether oxygens (including phenoxy) is 1. The summed E-state index contributed by atoms with van der Waals surface area (Å²) in [6.45, 7) is -0.516. The van der Waals surface area contributed by atoms with Crippen LogP contribution in [0.15, 0.2) is 24.3 Å². The fraction of sp³-hybridized carbons (Fsp3) is 0.429. The lowest BCUT2D eigenvalue weighted by Crippen LogP contribution is -2.50. The number of alkyl halides is 2. The second-order valence-electron chi connectivity index (χ2n) is 4.99. The molecular formula is C14H17F2N3O3. The molecule has 0 aliphatic carbocycles. The van der Waals surface area contributed by atoms with Crippen molar-refractivity contribution in [1.29, 1.82) is 0 Å². The summed E-state index contributed by atoms with van der Waals surface area (Å²) in [4.78, 5) is 25.2. The number of carbonyl (C=O) groups is 2. The number of hydrogen-bond donors (Lipinski definition) is 2. The van der Waals surface area contributed by atoms with E-state index in [0.717, 1.165) is 0 Å². The maximum absolute atomic E-state index is 13.0. The fourth-order valence-electron chi connectivity index (χ4n) is 2.02. The Labute approximate surface area is 126 Å². The summed E-state index contributed by atoms with van der Waals surface area (Å²) in [5.41, 5.74) is 5.33. The monoisotopic (exact) mass is 313 g/mol. The molecule has 22 heavy (non-hydrogen) atoms. The van der Waals surface area contributed by atoms with Crippen molar-refractivity contribution in [2.24, 2.45) is 5.73 Å². The number of hydrogen-bond acceptors (Lipinski definition) is 4. The second-order valence-corrected chi connectivity index (χ2v) is 4.99. The van der Waals surface area contributed by atoms with Crippen molar-refractivity contribution in [2.75, 3.05) is 24.5 Å². The van der Waals surface area contributed by atoms with Gasteiger partial charge in [0.25, 0.3) is 11.8 Å². The number of anilines is 1. The molecule has 0 fully saturated rings. The van der Waals surface area contributed by atoms with E-state index in [4.69, 9.17) is 10.5 Å². The van der Waals surface area contributed by atoms with Gasteiger partial charge in [-0.1, -0.05) is 12.1 Å². The Morgan fingerprint density at radius 2 is 2.14 bits per heavy atom. The highest BCUT2D eigenvalue weighted by Gasteiger charge is 2.33. The summed E-state index contributed by atoms with van der Waals surface area (Å²) in [6, 6.07) is 6.73. The molecule has 120 valence electrons.